The van der Waals surface area contributed by atoms with Crippen LogP contribution in [0.2, 0.25) is 0 Å². The molecule has 1 N–H and O–H groups in total. The quantitative estimate of drug-likeness (QED) is 0.828. The van der Waals surface area contributed by atoms with Crippen LogP contribution in [0.1, 0.15) is 40.2 Å². The van der Waals surface area contributed by atoms with E-state index in [0.29, 0.717) is 13.1 Å². The zero-order valence-electron chi connectivity index (χ0n) is 13.4. The summed E-state index contributed by atoms with van der Waals surface area (Å²) in [6.45, 7) is 9.07. The summed E-state index contributed by atoms with van der Waals surface area (Å²) in [5.41, 5.74) is 0.105. The molecule has 120 valence electrons. The van der Waals surface area contributed by atoms with Crippen LogP contribution in [0.4, 0.5) is 4.79 Å². The Labute approximate surface area is 130 Å². The normalized spacial score (nSPS) is 26.6. The van der Waals surface area contributed by atoms with Gasteiger partial charge in [-0.15, -0.1) is 0 Å². The average Bonchev–Trinajstić information content (AvgIpc) is 3.09. The van der Waals surface area contributed by atoms with E-state index < -0.39 is 13.2 Å². The van der Waals surface area contributed by atoms with Gasteiger partial charge in [-0.05, 0) is 34.1 Å². The van der Waals surface area contributed by atoms with Crippen molar-refractivity contribution >= 4 is 18.7 Å². The number of carboxylic acid groups (broad SMARTS) is 1. The summed E-state index contributed by atoms with van der Waals surface area (Å²) in [6, 6.07) is 0.0762. The SMILES string of the molecule is CC1(C)OB(c2cnn(C3CCN(C(=O)O)C3)c2)OC1(C)C. The Bertz CT molecular complexity index is 570. The van der Waals surface area contributed by atoms with Crippen molar-refractivity contribution in [2.45, 2.75) is 51.4 Å². The molecule has 1 amide bonds. The van der Waals surface area contributed by atoms with E-state index in [1.807, 2.05) is 38.6 Å². The minimum atomic E-state index is -0.874. The van der Waals surface area contributed by atoms with Crippen LogP contribution in [-0.2, 0) is 9.31 Å². The Hall–Kier alpha value is -1.54. The largest absolute Gasteiger partial charge is 0.498 e. The third-order valence-corrected chi connectivity index (χ3v) is 4.95. The summed E-state index contributed by atoms with van der Waals surface area (Å²) in [5.74, 6) is 0. The molecule has 3 rings (SSSR count). The van der Waals surface area contributed by atoms with Crippen molar-refractivity contribution in [1.29, 1.82) is 0 Å². The third-order valence-electron chi connectivity index (χ3n) is 4.95. The number of hydrogen-bond acceptors (Lipinski definition) is 4. The molecule has 0 radical (unpaired) electrons. The third kappa shape index (κ3) is 2.50. The first-order valence-electron chi connectivity index (χ1n) is 7.57. The molecule has 8 heteroatoms. The summed E-state index contributed by atoms with van der Waals surface area (Å²) in [5, 5.41) is 13.4. The van der Waals surface area contributed by atoms with Crippen molar-refractivity contribution in [3.8, 4) is 0 Å². The minimum absolute atomic E-state index is 0.0762. The van der Waals surface area contributed by atoms with Gasteiger partial charge in [0.05, 0.1) is 17.2 Å². The smallest absolute Gasteiger partial charge is 0.465 e. The van der Waals surface area contributed by atoms with Gasteiger partial charge < -0.3 is 19.3 Å². The van der Waals surface area contributed by atoms with Gasteiger partial charge in [-0.3, -0.25) is 4.68 Å². The first kappa shape index (κ1) is 15.4. The van der Waals surface area contributed by atoms with Gasteiger partial charge in [0.1, 0.15) is 0 Å². The van der Waals surface area contributed by atoms with Crippen LogP contribution >= 0.6 is 0 Å². The molecule has 1 atom stereocenters. The van der Waals surface area contributed by atoms with Crippen molar-refractivity contribution in [2.75, 3.05) is 13.1 Å². The fourth-order valence-electron chi connectivity index (χ4n) is 2.78. The van der Waals surface area contributed by atoms with Gasteiger partial charge in [-0.25, -0.2) is 4.79 Å². The molecule has 0 spiro atoms. The van der Waals surface area contributed by atoms with E-state index in [-0.39, 0.29) is 17.2 Å². The van der Waals surface area contributed by atoms with E-state index >= 15 is 0 Å². The van der Waals surface area contributed by atoms with Crippen LogP contribution in [0.5, 0.6) is 0 Å². The van der Waals surface area contributed by atoms with Crippen molar-refractivity contribution in [3.63, 3.8) is 0 Å². The Kier molecular flexibility index (Phi) is 3.49. The van der Waals surface area contributed by atoms with E-state index in [0.717, 1.165) is 11.9 Å². The zero-order valence-corrected chi connectivity index (χ0v) is 13.4. The molecule has 1 aromatic heterocycles. The molecule has 2 aliphatic rings. The fraction of sp³-hybridized carbons (Fsp3) is 0.714. The number of amides is 1. The maximum Gasteiger partial charge on any atom is 0.498 e. The first-order valence-corrected chi connectivity index (χ1v) is 7.57. The lowest BCUT2D eigenvalue weighted by molar-refractivity contribution is 0.00578. The van der Waals surface area contributed by atoms with Crippen LogP contribution in [0.25, 0.3) is 0 Å². The van der Waals surface area contributed by atoms with E-state index in [9.17, 15) is 4.79 Å². The Morgan fingerprint density at radius 1 is 1.36 bits per heavy atom. The minimum Gasteiger partial charge on any atom is -0.465 e. The van der Waals surface area contributed by atoms with E-state index in [1.165, 1.54) is 4.90 Å². The van der Waals surface area contributed by atoms with Crippen molar-refractivity contribution < 1.29 is 19.2 Å². The predicted octanol–water partition coefficient (Wildman–Crippen LogP) is 1.11. The number of rotatable bonds is 2. The van der Waals surface area contributed by atoms with Crippen LogP contribution in [-0.4, -0.2) is 57.3 Å². The maximum absolute atomic E-state index is 11.0. The number of aromatic nitrogens is 2. The van der Waals surface area contributed by atoms with Crippen molar-refractivity contribution in [2.24, 2.45) is 0 Å². The standard InChI is InChI=1S/C14H22BN3O4/c1-13(2)14(3,4)22-15(21-13)10-7-16-18(8-10)11-5-6-17(9-11)12(19)20/h7-8,11H,5-6,9H2,1-4H3,(H,19,20). The highest BCUT2D eigenvalue weighted by atomic mass is 16.7. The molecule has 0 bridgehead atoms. The number of hydrogen-bond donors (Lipinski definition) is 1. The Morgan fingerprint density at radius 3 is 2.55 bits per heavy atom. The Morgan fingerprint density at radius 2 is 2.00 bits per heavy atom. The first-order chi connectivity index (χ1) is 10.2. The highest BCUT2D eigenvalue weighted by Crippen LogP contribution is 2.36. The molecule has 7 nitrogen and oxygen atoms in total. The van der Waals surface area contributed by atoms with Crippen LogP contribution < -0.4 is 5.46 Å². The molecular formula is C14H22BN3O4. The second kappa shape index (κ2) is 4.99. The number of carbonyl (C=O) groups is 1. The highest BCUT2D eigenvalue weighted by Gasteiger charge is 2.52. The Balaban J connectivity index is 1.72. The summed E-state index contributed by atoms with van der Waals surface area (Å²) in [7, 11) is -0.435. The molecule has 2 fully saturated rings. The molecule has 1 unspecified atom stereocenters. The number of likely N-dealkylation sites (tertiary alicyclic amines) is 1. The summed E-state index contributed by atoms with van der Waals surface area (Å²) >= 11 is 0. The maximum atomic E-state index is 11.0. The highest BCUT2D eigenvalue weighted by molar-refractivity contribution is 6.62. The topological polar surface area (TPSA) is 76.8 Å². The van der Waals surface area contributed by atoms with E-state index in [2.05, 4.69) is 5.10 Å². The van der Waals surface area contributed by atoms with Crippen molar-refractivity contribution in [3.05, 3.63) is 12.4 Å². The molecule has 2 saturated heterocycles. The fourth-order valence-corrected chi connectivity index (χ4v) is 2.78. The van der Waals surface area contributed by atoms with Crippen LogP contribution in [0.3, 0.4) is 0 Å². The lowest BCUT2D eigenvalue weighted by Gasteiger charge is -2.32. The molecule has 0 aromatic carbocycles. The molecule has 3 heterocycles. The van der Waals surface area contributed by atoms with Crippen LogP contribution in [0, 0.1) is 0 Å². The van der Waals surface area contributed by atoms with Gasteiger partial charge in [-0.2, -0.15) is 5.10 Å². The van der Waals surface area contributed by atoms with E-state index in [4.69, 9.17) is 14.4 Å². The molecule has 2 aliphatic heterocycles. The summed E-state index contributed by atoms with van der Waals surface area (Å²) in [4.78, 5) is 12.4. The number of nitrogens with zero attached hydrogens (tertiary/aromatic N) is 3. The summed E-state index contributed by atoms with van der Waals surface area (Å²) in [6.07, 6.45) is 3.54. The zero-order chi connectivity index (χ0) is 16.1. The predicted molar refractivity (Wildman–Crippen MR) is 81.2 cm³/mol. The van der Waals surface area contributed by atoms with Gasteiger partial charge in [0, 0.05) is 30.9 Å². The van der Waals surface area contributed by atoms with Crippen molar-refractivity contribution in [1.82, 2.24) is 14.7 Å². The lowest BCUT2D eigenvalue weighted by Crippen LogP contribution is -2.41. The summed E-state index contributed by atoms with van der Waals surface area (Å²) < 4.78 is 13.8. The molecule has 0 saturated carbocycles. The van der Waals surface area contributed by atoms with Gasteiger partial charge in [0.2, 0.25) is 0 Å². The average molecular weight is 307 g/mol. The second-order valence-corrected chi connectivity index (χ2v) is 7.01. The van der Waals surface area contributed by atoms with Gasteiger partial charge in [0.15, 0.2) is 0 Å². The molecule has 22 heavy (non-hydrogen) atoms. The van der Waals surface area contributed by atoms with E-state index in [1.54, 1.807) is 6.20 Å². The van der Waals surface area contributed by atoms with Gasteiger partial charge in [-0.1, -0.05) is 0 Å². The molecule has 0 aliphatic carbocycles. The van der Waals surface area contributed by atoms with Crippen LogP contribution in [0.15, 0.2) is 12.4 Å². The monoisotopic (exact) mass is 307 g/mol. The second-order valence-electron chi connectivity index (χ2n) is 7.01. The lowest BCUT2D eigenvalue weighted by atomic mass is 9.82. The van der Waals surface area contributed by atoms with Gasteiger partial charge >= 0.3 is 13.2 Å². The van der Waals surface area contributed by atoms with Gasteiger partial charge in [0.25, 0.3) is 0 Å². The molecular weight excluding hydrogens is 285 g/mol. The molecule has 1 aromatic rings.